The Labute approximate surface area is 149 Å². The molecule has 0 aliphatic carbocycles. The molecule has 1 aromatic heterocycles. The van der Waals surface area contributed by atoms with Gasteiger partial charge in [-0.15, -0.1) is 11.3 Å². The van der Waals surface area contributed by atoms with Gasteiger partial charge in [0.1, 0.15) is 11.1 Å². The number of hydrogen-bond donors (Lipinski definition) is 1. The molecule has 1 aliphatic rings. The minimum atomic E-state index is 0.0507. The van der Waals surface area contributed by atoms with E-state index >= 15 is 0 Å². The standard InChI is InChI=1S/C17H31N5OS/c1-13(23-5)16-20-15(12-24-16)11-22(4)17(18-2)19-9-14-7-6-8-21(3)10-14/h12-14H,6-11H2,1-5H3,(H,18,19). The average Bonchev–Trinajstić information content (AvgIpc) is 3.03. The summed E-state index contributed by atoms with van der Waals surface area (Å²) >= 11 is 1.65. The number of piperidine rings is 1. The van der Waals surface area contributed by atoms with Crippen LogP contribution in [0.4, 0.5) is 0 Å². The first-order chi connectivity index (χ1) is 11.5. The number of hydrogen-bond acceptors (Lipinski definition) is 5. The van der Waals surface area contributed by atoms with Crippen LogP contribution in [0.25, 0.3) is 0 Å². The summed E-state index contributed by atoms with van der Waals surface area (Å²) in [6, 6.07) is 0. The second kappa shape index (κ2) is 9.34. The largest absolute Gasteiger partial charge is 0.375 e. The molecule has 2 heterocycles. The van der Waals surface area contributed by atoms with Crippen molar-refractivity contribution in [1.82, 2.24) is 20.1 Å². The Kier molecular flexibility index (Phi) is 7.45. The predicted octanol–water partition coefficient (Wildman–Crippen LogP) is 2.20. The number of likely N-dealkylation sites (tertiary alicyclic amines) is 1. The maximum absolute atomic E-state index is 5.33. The van der Waals surface area contributed by atoms with Crippen LogP contribution in [-0.4, -0.2) is 68.6 Å². The molecule has 0 spiro atoms. The summed E-state index contributed by atoms with van der Waals surface area (Å²) in [6.45, 7) is 6.13. The van der Waals surface area contributed by atoms with E-state index in [0.29, 0.717) is 5.92 Å². The summed E-state index contributed by atoms with van der Waals surface area (Å²) in [5.74, 6) is 1.62. The van der Waals surface area contributed by atoms with E-state index in [1.165, 1.54) is 19.4 Å². The number of methoxy groups -OCH3 is 1. The summed E-state index contributed by atoms with van der Waals surface area (Å²) in [4.78, 5) is 13.6. The Bertz CT molecular complexity index is 533. The van der Waals surface area contributed by atoms with Crippen LogP contribution in [0.5, 0.6) is 0 Å². The number of guanidine groups is 1. The molecule has 6 nitrogen and oxygen atoms in total. The predicted molar refractivity (Wildman–Crippen MR) is 101 cm³/mol. The lowest BCUT2D eigenvalue weighted by Gasteiger charge is -2.31. The highest BCUT2D eigenvalue weighted by Gasteiger charge is 2.18. The second-order valence-electron chi connectivity index (χ2n) is 6.61. The summed E-state index contributed by atoms with van der Waals surface area (Å²) in [7, 11) is 7.81. The zero-order chi connectivity index (χ0) is 17.5. The van der Waals surface area contributed by atoms with Gasteiger partial charge in [0.2, 0.25) is 0 Å². The zero-order valence-corrected chi connectivity index (χ0v) is 16.4. The Hall–Kier alpha value is -1.18. The highest BCUT2D eigenvalue weighted by molar-refractivity contribution is 7.09. The molecule has 1 aliphatic heterocycles. The third-order valence-electron chi connectivity index (χ3n) is 4.51. The molecule has 0 saturated carbocycles. The summed E-state index contributed by atoms with van der Waals surface area (Å²) in [6.07, 6.45) is 2.63. The van der Waals surface area contributed by atoms with E-state index in [-0.39, 0.29) is 6.10 Å². The van der Waals surface area contributed by atoms with Gasteiger partial charge in [-0.3, -0.25) is 4.99 Å². The first kappa shape index (κ1) is 19.1. The lowest BCUT2D eigenvalue weighted by molar-refractivity contribution is 0.119. The Morgan fingerprint density at radius 1 is 1.62 bits per heavy atom. The van der Waals surface area contributed by atoms with Crippen molar-refractivity contribution in [3.05, 3.63) is 16.1 Å². The highest BCUT2D eigenvalue weighted by atomic mass is 32.1. The highest BCUT2D eigenvalue weighted by Crippen LogP contribution is 2.21. The van der Waals surface area contributed by atoms with Crippen molar-refractivity contribution in [3.8, 4) is 0 Å². The number of aromatic nitrogens is 1. The maximum Gasteiger partial charge on any atom is 0.193 e. The van der Waals surface area contributed by atoms with Crippen molar-refractivity contribution in [2.24, 2.45) is 10.9 Å². The van der Waals surface area contributed by atoms with Crippen molar-refractivity contribution in [1.29, 1.82) is 0 Å². The minimum absolute atomic E-state index is 0.0507. The third kappa shape index (κ3) is 5.43. The van der Waals surface area contributed by atoms with Crippen LogP contribution in [0.2, 0.25) is 0 Å². The fourth-order valence-electron chi connectivity index (χ4n) is 3.06. The summed E-state index contributed by atoms with van der Waals surface area (Å²) in [5, 5.41) is 6.64. The van der Waals surface area contributed by atoms with Gasteiger partial charge in [-0.2, -0.15) is 0 Å². The first-order valence-corrected chi connectivity index (χ1v) is 9.48. The molecular weight excluding hydrogens is 322 g/mol. The molecule has 24 heavy (non-hydrogen) atoms. The number of aliphatic imine (C=N–C) groups is 1. The van der Waals surface area contributed by atoms with Crippen LogP contribution in [0.15, 0.2) is 10.4 Å². The van der Waals surface area contributed by atoms with Crippen LogP contribution in [0, 0.1) is 5.92 Å². The molecule has 0 radical (unpaired) electrons. The van der Waals surface area contributed by atoms with E-state index < -0.39 is 0 Å². The lowest BCUT2D eigenvalue weighted by Crippen LogP contribution is -2.44. The Morgan fingerprint density at radius 3 is 3.08 bits per heavy atom. The molecule has 2 atom stereocenters. The zero-order valence-electron chi connectivity index (χ0n) is 15.6. The van der Waals surface area contributed by atoms with Crippen LogP contribution in [-0.2, 0) is 11.3 Å². The molecule has 1 fully saturated rings. The number of ether oxygens (including phenoxy) is 1. The third-order valence-corrected chi connectivity index (χ3v) is 5.57. The smallest absolute Gasteiger partial charge is 0.193 e. The van der Waals surface area contributed by atoms with Crippen molar-refractivity contribution < 1.29 is 4.74 Å². The van der Waals surface area contributed by atoms with Crippen molar-refractivity contribution in [2.75, 3.05) is 47.9 Å². The number of nitrogens with one attached hydrogen (secondary N) is 1. The monoisotopic (exact) mass is 353 g/mol. The lowest BCUT2D eigenvalue weighted by atomic mass is 9.99. The van der Waals surface area contributed by atoms with Gasteiger partial charge in [0, 0.05) is 39.7 Å². The van der Waals surface area contributed by atoms with Crippen molar-refractivity contribution in [2.45, 2.75) is 32.4 Å². The van der Waals surface area contributed by atoms with Gasteiger partial charge in [-0.25, -0.2) is 4.98 Å². The van der Waals surface area contributed by atoms with Crippen molar-refractivity contribution >= 4 is 17.3 Å². The van der Waals surface area contributed by atoms with E-state index in [1.54, 1.807) is 18.4 Å². The molecule has 0 amide bonds. The van der Waals surface area contributed by atoms with E-state index in [2.05, 4.69) is 44.6 Å². The summed E-state index contributed by atoms with van der Waals surface area (Å²) in [5.41, 5.74) is 1.06. The molecule has 2 rings (SSSR count). The van der Waals surface area contributed by atoms with Crippen molar-refractivity contribution in [3.63, 3.8) is 0 Å². The number of nitrogens with zero attached hydrogens (tertiary/aromatic N) is 4. The Balaban J connectivity index is 1.84. The first-order valence-electron chi connectivity index (χ1n) is 8.61. The molecule has 1 saturated heterocycles. The fourth-order valence-corrected chi connectivity index (χ4v) is 3.90. The van der Waals surface area contributed by atoms with Gasteiger partial charge in [-0.05, 0) is 39.3 Å². The number of thiazole rings is 1. The van der Waals surface area contributed by atoms with Gasteiger partial charge in [-0.1, -0.05) is 0 Å². The van der Waals surface area contributed by atoms with Gasteiger partial charge >= 0.3 is 0 Å². The van der Waals surface area contributed by atoms with E-state index in [9.17, 15) is 0 Å². The second-order valence-corrected chi connectivity index (χ2v) is 7.50. The fraction of sp³-hybridized carbons (Fsp3) is 0.765. The SMILES string of the molecule is CN=C(NCC1CCCN(C)C1)N(C)Cc1csc(C(C)OC)n1. The van der Waals surface area contributed by atoms with Crippen LogP contribution in [0.3, 0.4) is 0 Å². The Morgan fingerprint density at radius 2 is 2.42 bits per heavy atom. The van der Waals surface area contributed by atoms with Crippen LogP contribution < -0.4 is 5.32 Å². The normalized spacial score (nSPS) is 20.9. The maximum atomic E-state index is 5.33. The molecular formula is C17H31N5OS. The van der Waals surface area contributed by atoms with Gasteiger partial charge in [0.15, 0.2) is 5.96 Å². The molecule has 0 bridgehead atoms. The summed E-state index contributed by atoms with van der Waals surface area (Å²) < 4.78 is 5.33. The molecule has 7 heteroatoms. The van der Waals surface area contributed by atoms with Gasteiger partial charge in [0.25, 0.3) is 0 Å². The molecule has 1 N–H and O–H groups in total. The molecule has 1 aromatic rings. The van der Waals surface area contributed by atoms with Crippen LogP contribution >= 0.6 is 11.3 Å². The van der Waals surface area contributed by atoms with Crippen LogP contribution in [0.1, 0.15) is 36.6 Å². The average molecular weight is 354 g/mol. The molecule has 2 unspecified atom stereocenters. The topological polar surface area (TPSA) is 53.0 Å². The number of rotatable bonds is 6. The van der Waals surface area contributed by atoms with Gasteiger partial charge < -0.3 is 19.9 Å². The quantitative estimate of drug-likeness (QED) is 0.628. The van der Waals surface area contributed by atoms with E-state index in [0.717, 1.165) is 36.3 Å². The minimum Gasteiger partial charge on any atom is -0.375 e. The van der Waals surface area contributed by atoms with E-state index in [1.807, 2.05) is 14.0 Å². The molecule has 136 valence electrons. The van der Waals surface area contributed by atoms with E-state index in [4.69, 9.17) is 4.74 Å². The van der Waals surface area contributed by atoms with Gasteiger partial charge in [0.05, 0.1) is 12.2 Å². The molecule has 0 aromatic carbocycles.